The number of rotatable bonds is 6. The first-order valence-electron chi connectivity index (χ1n) is 6.62. The first-order valence-corrected chi connectivity index (χ1v) is 8.21. The summed E-state index contributed by atoms with van der Waals surface area (Å²) in [7, 11) is 3.60. The normalized spacial score (nSPS) is 11.2. The van der Waals surface area contributed by atoms with Crippen LogP contribution in [-0.2, 0) is 18.2 Å². The lowest BCUT2D eigenvalue weighted by molar-refractivity contribution is 0.200. The molecule has 22 heavy (non-hydrogen) atoms. The van der Waals surface area contributed by atoms with Crippen molar-refractivity contribution in [3.63, 3.8) is 0 Å². The number of hydrogen-bond donors (Lipinski definition) is 0. The first-order chi connectivity index (χ1) is 10.7. The fourth-order valence-electron chi connectivity index (χ4n) is 1.91. The summed E-state index contributed by atoms with van der Waals surface area (Å²) in [6.45, 7) is 2.53. The summed E-state index contributed by atoms with van der Waals surface area (Å²) in [6, 6.07) is 1.89. The van der Waals surface area contributed by atoms with Crippen molar-refractivity contribution >= 4 is 23.3 Å². The van der Waals surface area contributed by atoms with Crippen LogP contribution in [-0.4, -0.2) is 37.8 Å². The summed E-state index contributed by atoms with van der Waals surface area (Å²) in [6.07, 6.45) is 2.37. The standard InChI is InChI=1S/C13H15N5O2S2/c1-8-9(4-7-20-8)11-15-16-12(18(11)2)21-13-14-10(17-22-13)5-6-19-3/h4,7H,5-6H2,1-3H3. The monoisotopic (exact) mass is 337 g/mol. The molecular weight excluding hydrogens is 322 g/mol. The van der Waals surface area contributed by atoms with E-state index in [1.54, 1.807) is 13.4 Å². The van der Waals surface area contributed by atoms with E-state index in [1.807, 2.05) is 24.6 Å². The number of aryl methyl sites for hydroxylation is 1. The average molecular weight is 337 g/mol. The zero-order chi connectivity index (χ0) is 15.5. The Morgan fingerprint density at radius 3 is 3.00 bits per heavy atom. The smallest absolute Gasteiger partial charge is 0.198 e. The highest BCUT2D eigenvalue weighted by Crippen LogP contribution is 2.30. The number of nitrogens with zero attached hydrogens (tertiary/aromatic N) is 5. The zero-order valence-corrected chi connectivity index (χ0v) is 14.1. The minimum atomic E-state index is 0.620. The van der Waals surface area contributed by atoms with Crippen molar-refractivity contribution in [3.8, 4) is 11.4 Å². The fourth-order valence-corrected chi connectivity index (χ4v) is 3.47. The molecule has 0 aliphatic rings. The summed E-state index contributed by atoms with van der Waals surface area (Å²) in [4.78, 5) is 4.46. The topological polar surface area (TPSA) is 78.9 Å². The van der Waals surface area contributed by atoms with Gasteiger partial charge in [-0.25, -0.2) is 4.98 Å². The van der Waals surface area contributed by atoms with Gasteiger partial charge in [-0.2, -0.15) is 4.37 Å². The van der Waals surface area contributed by atoms with Gasteiger partial charge < -0.3 is 13.7 Å². The van der Waals surface area contributed by atoms with Crippen LogP contribution < -0.4 is 0 Å². The van der Waals surface area contributed by atoms with Crippen LogP contribution in [0.4, 0.5) is 0 Å². The number of ether oxygens (including phenoxy) is 1. The molecule has 0 aliphatic heterocycles. The lowest BCUT2D eigenvalue weighted by atomic mass is 10.2. The van der Waals surface area contributed by atoms with Crippen molar-refractivity contribution in [2.24, 2.45) is 7.05 Å². The van der Waals surface area contributed by atoms with Crippen molar-refractivity contribution in [2.75, 3.05) is 13.7 Å². The molecule has 0 bridgehead atoms. The molecule has 0 saturated heterocycles. The van der Waals surface area contributed by atoms with Gasteiger partial charge in [-0.15, -0.1) is 10.2 Å². The van der Waals surface area contributed by atoms with E-state index in [0.717, 1.165) is 32.5 Å². The van der Waals surface area contributed by atoms with Crippen LogP contribution in [0.25, 0.3) is 11.4 Å². The molecule has 0 N–H and O–H groups in total. The fraction of sp³-hybridized carbons (Fsp3) is 0.385. The van der Waals surface area contributed by atoms with E-state index >= 15 is 0 Å². The first kappa shape index (κ1) is 15.2. The Hall–Kier alpha value is -1.71. The van der Waals surface area contributed by atoms with E-state index < -0.39 is 0 Å². The van der Waals surface area contributed by atoms with Crippen molar-refractivity contribution in [1.29, 1.82) is 0 Å². The maximum atomic E-state index is 5.32. The minimum Gasteiger partial charge on any atom is -0.469 e. The molecule has 3 rings (SSSR count). The molecule has 0 aliphatic carbocycles. The highest BCUT2D eigenvalue weighted by molar-refractivity contribution is 8.00. The van der Waals surface area contributed by atoms with Crippen LogP contribution in [0.5, 0.6) is 0 Å². The Labute approximate surface area is 135 Å². The third-order valence-corrected chi connectivity index (χ3v) is 4.92. The number of methoxy groups -OCH3 is 1. The predicted octanol–water partition coefficient (Wildman–Crippen LogP) is 2.58. The van der Waals surface area contributed by atoms with Crippen molar-refractivity contribution in [2.45, 2.75) is 22.8 Å². The van der Waals surface area contributed by atoms with Crippen LogP contribution in [0.3, 0.4) is 0 Å². The number of aromatic nitrogens is 5. The van der Waals surface area contributed by atoms with Gasteiger partial charge in [0.2, 0.25) is 0 Å². The third-order valence-electron chi connectivity index (χ3n) is 3.09. The molecule has 0 atom stereocenters. The summed E-state index contributed by atoms with van der Waals surface area (Å²) in [5, 5.41) is 9.24. The molecule has 9 heteroatoms. The SMILES string of the molecule is COCCc1nsc(Sc2nnc(-c3ccoc3C)n2C)n1. The maximum absolute atomic E-state index is 5.32. The van der Waals surface area contributed by atoms with Crippen LogP contribution in [0, 0.1) is 6.92 Å². The molecule has 3 aromatic heterocycles. The summed E-state index contributed by atoms with van der Waals surface area (Å²) in [5.41, 5.74) is 0.944. The molecule has 0 amide bonds. The second-order valence-corrected chi connectivity index (χ2v) is 6.54. The van der Waals surface area contributed by atoms with Crippen LogP contribution in [0.2, 0.25) is 0 Å². The molecule has 116 valence electrons. The van der Waals surface area contributed by atoms with Gasteiger partial charge in [0.15, 0.2) is 15.3 Å². The van der Waals surface area contributed by atoms with Gasteiger partial charge in [-0.05, 0) is 36.3 Å². The molecule has 0 fully saturated rings. The Morgan fingerprint density at radius 1 is 1.41 bits per heavy atom. The minimum absolute atomic E-state index is 0.620. The van der Waals surface area contributed by atoms with E-state index in [1.165, 1.54) is 23.3 Å². The van der Waals surface area contributed by atoms with Crippen LogP contribution in [0.1, 0.15) is 11.6 Å². The van der Waals surface area contributed by atoms with Gasteiger partial charge in [0.05, 0.1) is 18.4 Å². The highest BCUT2D eigenvalue weighted by Gasteiger charge is 2.16. The van der Waals surface area contributed by atoms with Crippen LogP contribution >= 0.6 is 23.3 Å². The quantitative estimate of drug-likeness (QED) is 0.684. The Kier molecular flexibility index (Phi) is 4.55. The molecule has 7 nitrogen and oxygen atoms in total. The average Bonchev–Trinajstić information content (AvgIpc) is 3.20. The maximum Gasteiger partial charge on any atom is 0.198 e. The number of furan rings is 1. The predicted molar refractivity (Wildman–Crippen MR) is 83.1 cm³/mol. The Bertz CT molecular complexity index is 764. The zero-order valence-electron chi connectivity index (χ0n) is 12.4. The molecule has 0 unspecified atom stereocenters. The van der Waals surface area contributed by atoms with Crippen molar-refractivity contribution in [3.05, 3.63) is 23.9 Å². The van der Waals surface area contributed by atoms with E-state index in [9.17, 15) is 0 Å². The van der Waals surface area contributed by atoms with E-state index in [2.05, 4.69) is 19.6 Å². The molecule has 3 aromatic rings. The molecule has 0 spiro atoms. The van der Waals surface area contributed by atoms with Gasteiger partial charge >= 0.3 is 0 Å². The van der Waals surface area contributed by atoms with E-state index in [4.69, 9.17) is 9.15 Å². The Morgan fingerprint density at radius 2 is 2.27 bits per heavy atom. The highest BCUT2D eigenvalue weighted by atomic mass is 32.2. The largest absolute Gasteiger partial charge is 0.469 e. The van der Waals surface area contributed by atoms with Gasteiger partial charge in [-0.3, -0.25) is 0 Å². The third kappa shape index (κ3) is 3.06. The Balaban J connectivity index is 1.78. The van der Waals surface area contributed by atoms with E-state index in [-0.39, 0.29) is 0 Å². The lowest BCUT2D eigenvalue weighted by Crippen LogP contribution is -1.96. The molecule has 0 saturated carbocycles. The lowest BCUT2D eigenvalue weighted by Gasteiger charge is -2.00. The second-order valence-electron chi connectivity index (χ2n) is 4.58. The van der Waals surface area contributed by atoms with E-state index in [0.29, 0.717) is 13.0 Å². The van der Waals surface area contributed by atoms with Crippen molar-refractivity contribution < 1.29 is 9.15 Å². The molecule has 0 radical (unpaired) electrons. The van der Waals surface area contributed by atoms with Crippen molar-refractivity contribution in [1.82, 2.24) is 24.1 Å². The second kappa shape index (κ2) is 6.59. The molecule has 0 aromatic carbocycles. The molecular formula is C13H15N5O2S2. The number of hydrogen-bond acceptors (Lipinski definition) is 8. The van der Waals surface area contributed by atoms with Crippen LogP contribution in [0.15, 0.2) is 26.2 Å². The summed E-state index contributed by atoms with van der Waals surface area (Å²) in [5.74, 6) is 2.39. The van der Waals surface area contributed by atoms with Gasteiger partial charge in [0, 0.05) is 20.6 Å². The van der Waals surface area contributed by atoms with Gasteiger partial charge in [-0.1, -0.05) is 0 Å². The summed E-state index contributed by atoms with van der Waals surface area (Å²) >= 11 is 2.82. The van der Waals surface area contributed by atoms with Gasteiger partial charge in [0.25, 0.3) is 0 Å². The molecule has 3 heterocycles. The summed E-state index contributed by atoms with van der Waals surface area (Å²) < 4.78 is 17.4. The van der Waals surface area contributed by atoms with Gasteiger partial charge in [0.1, 0.15) is 11.6 Å².